The lowest BCUT2D eigenvalue weighted by atomic mass is 10.2. The standard InChI is InChI=1S/C17H25ClN2O3/c1-5-6-7-17(22)19-8-9-20(13(3)21)15-10-12(2)14(18)11-16(15)23-4/h10-11H,5-9H2,1-4H3,(H,19,22). The molecule has 2 amide bonds. The van der Waals surface area contributed by atoms with Gasteiger partial charge in [0.1, 0.15) is 5.75 Å². The van der Waals surface area contributed by atoms with Crippen molar-refractivity contribution < 1.29 is 14.3 Å². The minimum Gasteiger partial charge on any atom is -0.495 e. The van der Waals surface area contributed by atoms with Crippen LogP contribution in [-0.4, -0.2) is 32.0 Å². The molecule has 1 aromatic rings. The van der Waals surface area contributed by atoms with Crippen LogP contribution in [0.2, 0.25) is 5.02 Å². The van der Waals surface area contributed by atoms with Crippen LogP contribution in [-0.2, 0) is 9.59 Å². The number of hydrogen-bond acceptors (Lipinski definition) is 3. The van der Waals surface area contributed by atoms with Crippen LogP contribution in [0.15, 0.2) is 12.1 Å². The molecule has 0 aliphatic rings. The minimum atomic E-state index is -0.118. The first kappa shape index (κ1) is 19.3. The second-order valence-corrected chi connectivity index (χ2v) is 5.80. The largest absolute Gasteiger partial charge is 0.495 e. The Bertz CT molecular complexity index is 561. The predicted molar refractivity (Wildman–Crippen MR) is 93.3 cm³/mol. The highest BCUT2D eigenvalue weighted by atomic mass is 35.5. The first-order chi connectivity index (χ1) is 10.9. The summed E-state index contributed by atoms with van der Waals surface area (Å²) in [6.07, 6.45) is 2.36. The quantitative estimate of drug-likeness (QED) is 0.789. The van der Waals surface area contributed by atoms with E-state index in [1.54, 1.807) is 11.0 Å². The molecule has 0 saturated heterocycles. The Kier molecular flexibility index (Phi) is 7.89. The third kappa shape index (κ3) is 5.75. The molecule has 5 nitrogen and oxygen atoms in total. The number of carbonyl (C=O) groups excluding carboxylic acids is 2. The number of carbonyl (C=O) groups is 2. The van der Waals surface area contributed by atoms with Crippen molar-refractivity contribution in [2.75, 3.05) is 25.1 Å². The fraction of sp³-hybridized carbons (Fsp3) is 0.529. The number of amides is 2. The van der Waals surface area contributed by atoms with Crippen LogP contribution in [0.25, 0.3) is 0 Å². The van der Waals surface area contributed by atoms with Crippen LogP contribution in [0, 0.1) is 6.92 Å². The van der Waals surface area contributed by atoms with Crippen LogP contribution in [0.5, 0.6) is 5.75 Å². The van der Waals surface area contributed by atoms with Crippen molar-refractivity contribution in [1.82, 2.24) is 5.32 Å². The normalized spacial score (nSPS) is 10.3. The average molecular weight is 341 g/mol. The van der Waals surface area contributed by atoms with Gasteiger partial charge in [-0.3, -0.25) is 9.59 Å². The summed E-state index contributed by atoms with van der Waals surface area (Å²) in [5.74, 6) is 0.426. The highest BCUT2D eigenvalue weighted by Gasteiger charge is 2.18. The van der Waals surface area contributed by atoms with Gasteiger partial charge in [0, 0.05) is 37.5 Å². The maximum Gasteiger partial charge on any atom is 0.224 e. The molecule has 0 aliphatic heterocycles. The second-order valence-electron chi connectivity index (χ2n) is 5.40. The summed E-state index contributed by atoms with van der Waals surface area (Å²) in [7, 11) is 1.54. The van der Waals surface area contributed by atoms with Gasteiger partial charge in [-0.25, -0.2) is 0 Å². The van der Waals surface area contributed by atoms with E-state index >= 15 is 0 Å². The van der Waals surface area contributed by atoms with Gasteiger partial charge in [0.05, 0.1) is 12.8 Å². The van der Waals surface area contributed by atoms with Crippen LogP contribution < -0.4 is 15.0 Å². The minimum absolute atomic E-state index is 0.00889. The van der Waals surface area contributed by atoms with Gasteiger partial charge in [0.25, 0.3) is 0 Å². The zero-order valence-corrected chi connectivity index (χ0v) is 15.0. The third-order valence-electron chi connectivity index (χ3n) is 3.55. The van der Waals surface area contributed by atoms with Crippen molar-refractivity contribution in [3.8, 4) is 5.75 Å². The van der Waals surface area contributed by atoms with Gasteiger partial charge in [-0.15, -0.1) is 0 Å². The first-order valence-electron chi connectivity index (χ1n) is 7.79. The Morgan fingerprint density at radius 1 is 1.35 bits per heavy atom. The van der Waals surface area contributed by atoms with Gasteiger partial charge in [0.2, 0.25) is 11.8 Å². The molecule has 0 heterocycles. The number of methoxy groups -OCH3 is 1. The summed E-state index contributed by atoms with van der Waals surface area (Å²) in [5, 5.41) is 3.42. The molecule has 0 fully saturated rings. The number of ether oxygens (including phenoxy) is 1. The Labute approximate surface area is 142 Å². The van der Waals surface area contributed by atoms with Crippen LogP contribution >= 0.6 is 11.6 Å². The molecule has 6 heteroatoms. The number of benzene rings is 1. The Morgan fingerprint density at radius 2 is 2.04 bits per heavy atom. The second kappa shape index (κ2) is 9.40. The fourth-order valence-corrected chi connectivity index (χ4v) is 2.36. The number of hydrogen-bond donors (Lipinski definition) is 1. The molecule has 0 unspecified atom stereocenters. The fourth-order valence-electron chi connectivity index (χ4n) is 2.20. The molecule has 1 rings (SSSR count). The molecule has 128 valence electrons. The topological polar surface area (TPSA) is 58.6 Å². The molecular formula is C17H25ClN2O3. The molecule has 0 saturated carbocycles. The smallest absolute Gasteiger partial charge is 0.224 e. The van der Waals surface area contributed by atoms with E-state index in [4.69, 9.17) is 16.3 Å². The summed E-state index contributed by atoms with van der Waals surface area (Å²) < 4.78 is 5.33. The van der Waals surface area contributed by atoms with Crippen LogP contribution in [0.1, 0.15) is 38.7 Å². The van der Waals surface area contributed by atoms with Gasteiger partial charge >= 0.3 is 0 Å². The van der Waals surface area contributed by atoms with Crippen molar-refractivity contribution in [2.45, 2.75) is 40.0 Å². The molecule has 0 aromatic heterocycles. The van der Waals surface area contributed by atoms with Crippen molar-refractivity contribution in [3.63, 3.8) is 0 Å². The zero-order valence-electron chi connectivity index (χ0n) is 14.2. The number of rotatable bonds is 8. The zero-order chi connectivity index (χ0) is 17.4. The van der Waals surface area contributed by atoms with Gasteiger partial charge in [-0.2, -0.15) is 0 Å². The average Bonchev–Trinajstić information content (AvgIpc) is 2.51. The van der Waals surface area contributed by atoms with E-state index in [-0.39, 0.29) is 11.8 Å². The molecule has 0 bridgehead atoms. The van der Waals surface area contributed by atoms with E-state index in [0.717, 1.165) is 18.4 Å². The monoisotopic (exact) mass is 340 g/mol. The van der Waals surface area contributed by atoms with Crippen molar-refractivity contribution in [3.05, 3.63) is 22.7 Å². The molecule has 0 atom stereocenters. The summed E-state index contributed by atoms with van der Waals surface area (Å²) in [6.45, 7) is 6.18. The van der Waals surface area contributed by atoms with E-state index in [0.29, 0.717) is 36.0 Å². The highest BCUT2D eigenvalue weighted by Crippen LogP contribution is 2.33. The van der Waals surface area contributed by atoms with E-state index in [9.17, 15) is 9.59 Å². The number of anilines is 1. The number of nitrogens with zero attached hydrogens (tertiary/aromatic N) is 1. The summed E-state index contributed by atoms with van der Waals surface area (Å²) in [6, 6.07) is 3.52. The highest BCUT2D eigenvalue weighted by molar-refractivity contribution is 6.31. The molecule has 0 radical (unpaired) electrons. The molecule has 0 spiro atoms. The van der Waals surface area contributed by atoms with Crippen molar-refractivity contribution in [2.24, 2.45) is 0 Å². The van der Waals surface area contributed by atoms with Gasteiger partial charge in [-0.1, -0.05) is 24.9 Å². The molecule has 0 aliphatic carbocycles. The van der Waals surface area contributed by atoms with E-state index < -0.39 is 0 Å². The number of nitrogens with one attached hydrogen (secondary N) is 1. The summed E-state index contributed by atoms with van der Waals surface area (Å²) in [4.78, 5) is 25.2. The van der Waals surface area contributed by atoms with E-state index in [2.05, 4.69) is 5.32 Å². The molecule has 1 aromatic carbocycles. The van der Waals surface area contributed by atoms with E-state index in [1.807, 2.05) is 19.9 Å². The maximum atomic E-state index is 12.0. The Balaban J connectivity index is 2.81. The Hall–Kier alpha value is -1.75. The molecule has 23 heavy (non-hydrogen) atoms. The van der Waals surface area contributed by atoms with Gasteiger partial charge < -0.3 is 15.0 Å². The molecular weight excluding hydrogens is 316 g/mol. The summed E-state index contributed by atoms with van der Waals surface area (Å²) in [5.41, 5.74) is 1.52. The van der Waals surface area contributed by atoms with Crippen LogP contribution in [0.3, 0.4) is 0 Å². The number of unbranched alkanes of at least 4 members (excludes halogenated alkanes) is 1. The third-order valence-corrected chi connectivity index (χ3v) is 3.95. The maximum absolute atomic E-state index is 12.0. The lowest BCUT2D eigenvalue weighted by Gasteiger charge is -2.24. The first-order valence-corrected chi connectivity index (χ1v) is 8.17. The summed E-state index contributed by atoms with van der Waals surface area (Å²) >= 11 is 6.10. The van der Waals surface area contributed by atoms with E-state index in [1.165, 1.54) is 14.0 Å². The van der Waals surface area contributed by atoms with Gasteiger partial charge in [0.15, 0.2) is 0 Å². The number of halogens is 1. The van der Waals surface area contributed by atoms with Crippen molar-refractivity contribution in [1.29, 1.82) is 0 Å². The van der Waals surface area contributed by atoms with Crippen LogP contribution in [0.4, 0.5) is 5.69 Å². The predicted octanol–water partition coefficient (Wildman–Crippen LogP) is 3.32. The molecule has 1 N–H and O–H groups in total. The number of aryl methyl sites for hydroxylation is 1. The van der Waals surface area contributed by atoms with Gasteiger partial charge in [-0.05, 0) is 25.0 Å². The van der Waals surface area contributed by atoms with Crippen molar-refractivity contribution >= 4 is 29.1 Å². The lowest BCUT2D eigenvalue weighted by Crippen LogP contribution is -2.37. The lowest BCUT2D eigenvalue weighted by molar-refractivity contribution is -0.121. The SMILES string of the molecule is CCCCC(=O)NCCN(C(C)=O)c1cc(C)c(Cl)cc1OC. The Morgan fingerprint density at radius 3 is 2.61 bits per heavy atom.